The molecule has 0 radical (unpaired) electrons. The molecule has 1 heterocycles. The van der Waals surface area contributed by atoms with Crippen LogP contribution in [0.1, 0.15) is 12.8 Å². The molecular weight excluding hydrogens is 166 g/mol. The molecule has 0 aromatic carbocycles. The van der Waals surface area contributed by atoms with Crippen molar-refractivity contribution >= 4 is 11.5 Å². The van der Waals surface area contributed by atoms with Crippen LogP contribution in [0, 0.1) is 0 Å². The molecule has 3 N–H and O–H groups in total. The summed E-state index contributed by atoms with van der Waals surface area (Å²) >= 11 is 0. The van der Waals surface area contributed by atoms with Crippen LogP contribution in [0.15, 0.2) is 12.3 Å². The summed E-state index contributed by atoms with van der Waals surface area (Å²) < 4.78 is 5.54. The van der Waals surface area contributed by atoms with Gasteiger partial charge in [-0.05, 0) is 12.8 Å². The molecule has 1 aromatic heterocycles. The van der Waals surface area contributed by atoms with Crippen molar-refractivity contribution in [3.63, 3.8) is 0 Å². The Kier molecular flexibility index (Phi) is 1.96. The first-order valence-corrected chi connectivity index (χ1v) is 4.39. The van der Waals surface area contributed by atoms with Crippen molar-refractivity contribution in [2.45, 2.75) is 18.9 Å². The van der Waals surface area contributed by atoms with Gasteiger partial charge in [-0.2, -0.15) is 0 Å². The average molecular weight is 179 g/mol. The lowest BCUT2D eigenvalue weighted by molar-refractivity contribution is 0.304. The Labute approximate surface area is 77.1 Å². The molecule has 70 valence electrons. The second kappa shape index (κ2) is 3.12. The normalized spacial score (nSPS) is 15.5. The molecule has 0 aliphatic heterocycles. The number of nitrogens with one attached hydrogen (secondary N) is 1. The van der Waals surface area contributed by atoms with Crippen LogP contribution in [0.2, 0.25) is 0 Å². The topological polar surface area (TPSA) is 60.2 Å². The standard InChI is InChI=1S/C9H13N3O/c1-11-9-4-7(10)8(5-12-9)13-6-2-3-6/h4-6H,2-3H2,1H3,(H3,10,11,12). The van der Waals surface area contributed by atoms with Crippen molar-refractivity contribution in [1.82, 2.24) is 4.98 Å². The molecule has 2 rings (SSSR count). The Bertz CT molecular complexity index is 310. The number of hydrogen-bond donors (Lipinski definition) is 2. The smallest absolute Gasteiger partial charge is 0.161 e. The van der Waals surface area contributed by atoms with Crippen LogP contribution in [0.25, 0.3) is 0 Å². The molecule has 1 fully saturated rings. The summed E-state index contributed by atoms with van der Waals surface area (Å²) in [7, 11) is 1.81. The van der Waals surface area contributed by atoms with E-state index in [0.717, 1.165) is 18.7 Å². The summed E-state index contributed by atoms with van der Waals surface area (Å²) in [5.74, 6) is 1.46. The van der Waals surface area contributed by atoms with E-state index in [9.17, 15) is 0 Å². The minimum Gasteiger partial charge on any atom is -0.487 e. The fourth-order valence-corrected chi connectivity index (χ4v) is 1.06. The van der Waals surface area contributed by atoms with Gasteiger partial charge in [0, 0.05) is 13.1 Å². The summed E-state index contributed by atoms with van der Waals surface area (Å²) in [6, 6.07) is 1.78. The van der Waals surface area contributed by atoms with E-state index < -0.39 is 0 Å². The van der Waals surface area contributed by atoms with E-state index in [4.69, 9.17) is 10.5 Å². The lowest BCUT2D eigenvalue weighted by Gasteiger charge is -2.08. The number of hydrogen-bond acceptors (Lipinski definition) is 4. The van der Waals surface area contributed by atoms with E-state index in [1.165, 1.54) is 0 Å². The van der Waals surface area contributed by atoms with Gasteiger partial charge in [-0.3, -0.25) is 0 Å². The molecule has 0 bridgehead atoms. The van der Waals surface area contributed by atoms with Crippen molar-refractivity contribution in [2.24, 2.45) is 0 Å². The molecule has 0 amide bonds. The quantitative estimate of drug-likeness (QED) is 0.733. The van der Waals surface area contributed by atoms with Gasteiger partial charge in [-0.25, -0.2) is 4.98 Å². The summed E-state index contributed by atoms with van der Waals surface area (Å²) in [6.07, 6.45) is 4.30. The predicted molar refractivity (Wildman–Crippen MR) is 51.8 cm³/mol. The van der Waals surface area contributed by atoms with Gasteiger partial charge in [-0.1, -0.05) is 0 Å². The molecule has 1 aliphatic rings. The lowest BCUT2D eigenvalue weighted by Crippen LogP contribution is -2.02. The predicted octanol–water partition coefficient (Wildman–Crippen LogP) is 1.25. The van der Waals surface area contributed by atoms with Gasteiger partial charge in [0.1, 0.15) is 5.82 Å². The number of aromatic nitrogens is 1. The van der Waals surface area contributed by atoms with Crippen LogP contribution in [0.4, 0.5) is 11.5 Å². The van der Waals surface area contributed by atoms with E-state index in [1.807, 2.05) is 7.05 Å². The van der Waals surface area contributed by atoms with Crippen LogP contribution in [0.5, 0.6) is 5.75 Å². The lowest BCUT2D eigenvalue weighted by atomic mass is 10.3. The number of ether oxygens (including phenoxy) is 1. The third-order valence-corrected chi connectivity index (χ3v) is 1.97. The van der Waals surface area contributed by atoms with Gasteiger partial charge in [0.05, 0.1) is 18.0 Å². The van der Waals surface area contributed by atoms with E-state index >= 15 is 0 Å². The Morgan fingerprint density at radius 3 is 2.92 bits per heavy atom. The molecule has 13 heavy (non-hydrogen) atoms. The maximum atomic E-state index is 5.77. The summed E-state index contributed by atoms with van der Waals surface area (Å²) in [5.41, 5.74) is 6.41. The monoisotopic (exact) mass is 179 g/mol. The van der Waals surface area contributed by atoms with E-state index in [-0.39, 0.29) is 0 Å². The zero-order chi connectivity index (χ0) is 9.26. The Hall–Kier alpha value is -1.45. The highest BCUT2D eigenvalue weighted by Crippen LogP contribution is 2.30. The van der Waals surface area contributed by atoms with Crippen molar-refractivity contribution in [2.75, 3.05) is 18.1 Å². The average Bonchev–Trinajstić information content (AvgIpc) is 2.92. The van der Waals surface area contributed by atoms with Gasteiger partial charge >= 0.3 is 0 Å². The second-order valence-electron chi connectivity index (χ2n) is 3.17. The Morgan fingerprint density at radius 1 is 1.62 bits per heavy atom. The zero-order valence-corrected chi connectivity index (χ0v) is 7.58. The van der Waals surface area contributed by atoms with Crippen molar-refractivity contribution < 1.29 is 4.74 Å². The fraction of sp³-hybridized carbons (Fsp3) is 0.444. The highest BCUT2D eigenvalue weighted by Gasteiger charge is 2.24. The van der Waals surface area contributed by atoms with Crippen LogP contribution in [0.3, 0.4) is 0 Å². The molecule has 4 nitrogen and oxygen atoms in total. The van der Waals surface area contributed by atoms with Gasteiger partial charge in [0.25, 0.3) is 0 Å². The van der Waals surface area contributed by atoms with Gasteiger partial charge < -0.3 is 15.8 Å². The molecule has 1 saturated carbocycles. The summed E-state index contributed by atoms with van der Waals surface area (Å²) in [4.78, 5) is 4.12. The molecule has 0 atom stereocenters. The Morgan fingerprint density at radius 2 is 2.38 bits per heavy atom. The van der Waals surface area contributed by atoms with E-state index in [0.29, 0.717) is 17.5 Å². The number of nitrogens with two attached hydrogens (primary N) is 1. The van der Waals surface area contributed by atoms with Crippen LogP contribution < -0.4 is 15.8 Å². The largest absolute Gasteiger partial charge is 0.487 e. The third-order valence-electron chi connectivity index (χ3n) is 1.97. The maximum Gasteiger partial charge on any atom is 0.161 e. The number of anilines is 2. The van der Waals surface area contributed by atoms with Crippen molar-refractivity contribution in [3.8, 4) is 5.75 Å². The second-order valence-corrected chi connectivity index (χ2v) is 3.17. The van der Waals surface area contributed by atoms with Crippen molar-refractivity contribution in [3.05, 3.63) is 12.3 Å². The first-order valence-electron chi connectivity index (χ1n) is 4.39. The minimum atomic E-state index is 0.365. The molecule has 0 spiro atoms. The first-order chi connectivity index (χ1) is 6.29. The van der Waals surface area contributed by atoms with Gasteiger partial charge in [0.2, 0.25) is 0 Å². The third kappa shape index (κ3) is 1.83. The number of nitrogens with zero attached hydrogens (tertiary/aromatic N) is 1. The molecule has 0 saturated heterocycles. The number of nitrogen functional groups attached to an aromatic ring is 1. The van der Waals surface area contributed by atoms with Gasteiger partial charge in [0.15, 0.2) is 5.75 Å². The highest BCUT2D eigenvalue weighted by molar-refractivity contribution is 5.57. The van der Waals surface area contributed by atoms with E-state index in [1.54, 1.807) is 12.3 Å². The molecular formula is C9H13N3O. The minimum absolute atomic E-state index is 0.365. The molecule has 1 aromatic rings. The zero-order valence-electron chi connectivity index (χ0n) is 7.58. The maximum absolute atomic E-state index is 5.77. The molecule has 4 heteroatoms. The Balaban J connectivity index is 2.15. The van der Waals surface area contributed by atoms with Crippen LogP contribution in [-0.2, 0) is 0 Å². The van der Waals surface area contributed by atoms with Crippen LogP contribution >= 0.6 is 0 Å². The number of rotatable bonds is 3. The molecule has 1 aliphatic carbocycles. The van der Waals surface area contributed by atoms with Gasteiger partial charge in [-0.15, -0.1) is 0 Å². The van der Waals surface area contributed by atoms with Crippen molar-refractivity contribution in [1.29, 1.82) is 0 Å². The molecule has 0 unspecified atom stereocenters. The SMILES string of the molecule is CNc1cc(N)c(OC2CC2)cn1. The number of pyridine rings is 1. The first kappa shape index (κ1) is 8.16. The van der Waals surface area contributed by atoms with Crippen LogP contribution in [-0.4, -0.2) is 18.1 Å². The fourth-order valence-electron chi connectivity index (χ4n) is 1.06. The highest BCUT2D eigenvalue weighted by atomic mass is 16.5. The summed E-state index contributed by atoms with van der Waals surface area (Å²) in [6.45, 7) is 0. The summed E-state index contributed by atoms with van der Waals surface area (Å²) in [5, 5.41) is 2.92. The van der Waals surface area contributed by atoms with E-state index in [2.05, 4.69) is 10.3 Å².